The minimum Gasteiger partial charge on any atom is -0.391 e. The highest BCUT2D eigenvalue weighted by molar-refractivity contribution is 5.57. The first-order valence-electron chi connectivity index (χ1n) is 6.61. The van der Waals surface area contributed by atoms with Crippen LogP contribution in [0.25, 0.3) is 0 Å². The number of nitrogens with zero attached hydrogens (tertiary/aromatic N) is 2. The maximum atomic E-state index is 9.54. The Hall–Kier alpha value is -1.22. The predicted molar refractivity (Wildman–Crippen MR) is 70.7 cm³/mol. The normalized spacial score (nSPS) is 24.6. The van der Waals surface area contributed by atoms with Crippen molar-refractivity contribution in [2.75, 3.05) is 36.0 Å². The lowest BCUT2D eigenvalue weighted by atomic mass is 10.2. The fraction of sp³-hybridized carbons (Fsp3) is 0.571. The van der Waals surface area contributed by atoms with Crippen molar-refractivity contribution in [2.45, 2.75) is 25.4 Å². The molecular formula is C14H20N2O. The van der Waals surface area contributed by atoms with Gasteiger partial charge in [0.1, 0.15) is 0 Å². The van der Waals surface area contributed by atoms with E-state index in [0.717, 1.165) is 19.5 Å². The average molecular weight is 232 g/mol. The summed E-state index contributed by atoms with van der Waals surface area (Å²) in [5, 5.41) is 9.54. The molecule has 2 aliphatic heterocycles. The second-order valence-electron chi connectivity index (χ2n) is 5.10. The van der Waals surface area contributed by atoms with Crippen molar-refractivity contribution in [3.8, 4) is 0 Å². The summed E-state index contributed by atoms with van der Waals surface area (Å²) in [6, 6.07) is 8.80. The Bertz CT molecular complexity index is 370. The number of anilines is 2. The highest BCUT2D eigenvalue weighted by atomic mass is 16.3. The summed E-state index contributed by atoms with van der Waals surface area (Å²) in [5.74, 6) is 0. The van der Waals surface area contributed by atoms with Crippen LogP contribution in [0.3, 0.4) is 0 Å². The Morgan fingerprint density at radius 1 is 0.882 bits per heavy atom. The predicted octanol–water partition coefficient (Wildman–Crippen LogP) is 1.86. The van der Waals surface area contributed by atoms with Gasteiger partial charge in [0.05, 0.1) is 6.10 Å². The van der Waals surface area contributed by atoms with Crippen LogP contribution in [-0.4, -0.2) is 37.4 Å². The van der Waals surface area contributed by atoms with E-state index in [-0.39, 0.29) is 6.10 Å². The molecular weight excluding hydrogens is 212 g/mol. The van der Waals surface area contributed by atoms with Gasteiger partial charge in [-0.3, -0.25) is 0 Å². The smallest absolute Gasteiger partial charge is 0.0731 e. The molecule has 3 nitrogen and oxygen atoms in total. The Labute approximate surface area is 103 Å². The van der Waals surface area contributed by atoms with Gasteiger partial charge < -0.3 is 14.9 Å². The van der Waals surface area contributed by atoms with Crippen molar-refractivity contribution in [1.82, 2.24) is 0 Å². The van der Waals surface area contributed by atoms with E-state index < -0.39 is 0 Å². The van der Waals surface area contributed by atoms with E-state index in [1.807, 2.05) is 0 Å². The van der Waals surface area contributed by atoms with Crippen LogP contribution in [-0.2, 0) is 0 Å². The SMILES string of the molecule is OC1CCN(c2ccc(N3CCCC3)cc2)C1. The van der Waals surface area contributed by atoms with Crippen molar-refractivity contribution in [3.63, 3.8) is 0 Å². The molecule has 0 amide bonds. The third kappa shape index (κ3) is 2.25. The number of benzene rings is 1. The molecule has 1 aromatic carbocycles. The zero-order valence-corrected chi connectivity index (χ0v) is 10.2. The van der Waals surface area contributed by atoms with E-state index in [2.05, 4.69) is 34.1 Å². The molecule has 0 bridgehead atoms. The zero-order chi connectivity index (χ0) is 11.7. The zero-order valence-electron chi connectivity index (χ0n) is 10.2. The van der Waals surface area contributed by atoms with E-state index in [4.69, 9.17) is 0 Å². The molecule has 0 aromatic heterocycles. The van der Waals surface area contributed by atoms with Crippen LogP contribution in [0.1, 0.15) is 19.3 Å². The van der Waals surface area contributed by atoms with Gasteiger partial charge in [-0.05, 0) is 43.5 Å². The molecule has 2 saturated heterocycles. The number of rotatable bonds is 2. The minimum absolute atomic E-state index is 0.145. The van der Waals surface area contributed by atoms with Gasteiger partial charge in [-0.25, -0.2) is 0 Å². The van der Waals surface area contributed by atoms with Crippen LogP contribution in [0.5, 0.6) is 0 Å². The van der Waals surface area contributed by atoms with Gasteiger partial charge in [0.15, 0.2) is 0 Å². The molecule has 0 saturated carbocycles. The van der Waals surface area contributed by atoms with Gasteiger partial charge >= 0.3 is 0 Å². The third-order valence-electron chi connectivity index (χ3n) is 3.85. The van der Waals surface area contributed by atoms with Crippen molar-refractivity contribution < 1.29 is 5.11 Å². The maximum absolute atomic E-state index is 9.54. The molecule has 1 aromatic rings. The van der Waals surface area contributed by atoms with Crippen LogP contribution in [0.2, 0.25) is 0 Å². The topological polar surface area (TPSA) is 26.7 Å². The molecule has 1 unspecified atom stereocenters. The summed E-state index contributed by atoms with van der Waals surface area (Å²) < 4.78 is 0. The van der Waals surface area contributed by atoms with Crippen LogP contribution < -0.4 is 9.80 Å². The fourth-order valence-electron chi connectivity index (χ4n) is 2.83. The largest absolute Gasteiger partial charge is 0.391 e. The first kappa shape index (κ1) is 10.9. The molecule has 0 spiro atoms. The molecule has 92 valence electrons. The molecule has 0 radical (unpaired) electrons. The Kier molecular flexibility index (Phi) is 2.93. The van der Waals surface area contributed by atoms with Crippen LogP contribution in [0.4, 0.5) is 11.4 Å². The number of β-amino-alcohol motifs (C(OH)–C–C–N with tert-alkyl or cyclic N) is 1. The highest BCUT2D eigenvalue weighted by Crippen LogP contribution is 2.25. The number of aliphatic hydroxyl groups is 1. The molecule has 0 aliphatic carbocycles. The molecule has 2 fully saturated rings. The number of aliphatic hydroxyl groups excluding tert-OH is 1. The van der Waals surface area contributed by atoms with Gasteiger partial charge in [0.25, 0.3) is 0 Å². The van der Waals surface area contributed by atoms with Crippen molar-refractivity contribution in [1.29, 1.82) is 0 Å². The molecule has 2 heterocycles. The summed E-state index contributed by atoms with van der Waals surface area (Å²) in [5.41, 5.74) is 2.58. The van der Waals surface area contributed by atoms with Gasteiger partial charge in [0, 0.05) is 37.6 Å². The summed E-state index contributed by atoms with van der Waals surface area (Å²) in [6.07, 6.45) is 3.39. The second kappa shape index (κ2) is 4.57. The van der Waals surface area contributed by atoms with Crippen molar-refractivity contribution in [2.24, 2.45) is 0 Å². The maximum Gasteiger partial charge on any atom is 0.0731 e. The summed E-state index contributed by atoms with van der Waals surface area (Å²) in [7, 11) is 0. The second-order valence-corrected chi connectivity index (χ2v) is 5.10. The molecule has 17 heavy (non-hydrogen) atoms. The molecule has 3 rings (SSSR count). The van der Waals surface area contributed by atoms with Crippen LogP contribution >= 0.6 is 0 Å². The Balaban J connectivity index is 1.71. The molecule has 1 atom stereocenters. The average Bonchev–Trinajstić information content (AvgIpc) is 3.00. The van der Waals surface area contributed by atoms with Gasteiger partial charge in [-0.2, -0.15) is 0 Å². The standard InChI is InChI=1S/C14H20N2O/c17-14-7-10-16(11-14)13-5-3-12(4-6-13)15-8-1-2-9-15/h3-6,14,17H,1-2,7-11H2. The van der Waals surface area contributed by atoms with E-state index in [9.17, 15) is 5.11 Å². The van der Waals surface area contributed by atoms with Crippen molar-refractivity contribution in [3.05, 3.63) is 24.3 Å². The van der Waals surface area contributed by atoms with E-state index in [1.165, 1.54) is 37.3 Å². The Morgan fingerprint density at radius 2 is 1.47 bits per heavy atom. The summed E-state index contributed by atoms with van der Waals surface area (Å²) in [4.78, 5) is 4.71. The monoisotopic (exact) mass is 232 g/mol. The highest BCUT2D eigenvalue weighted by Gasteiger charge is 2.20. The lowest BCUT2D eigenvalue weighted by Crippen LogP contribution is -2.21. The lowest BCUT2D eigenvalue weighted by molar-refractivity contribution is 0.198. The molecule has 1 N–H and O–H groups in total. The summed E-state index contributed by atoms with van der Waals surface area (Å²) in [6.45, 7) is 4.15. The van der Waals surface area contributed by atoms with E-state index in [1.54, 1.807) is 0 Å². The molecule has 2 aliphatic rings. The van der Waals surface area contributed by atoms with Crippen LogP contribution in [0.15, 0.2) is 24.3 Å². The van der Waals surface area contributed by atoms with Gasteiger partial charge in [-0.1, -0.05) is 0 Å². The van der Waals surface area contributed by atoms with Crippen LogP contribution in [0, 0.1) is 0 Å². The molecule has 3 heteroatoms. The first-order chi connectivity index (χ1) is 8.33. The van der Waals surface area contributed by atoms with Gasteiger partial charge in [0.2, 0.25) is 0 Å². The van der Waals surface area contributed by atoms with E-state index >= 15 is 0 Å². The number of hydrogen-bond acceptors (Lipinski definition) is 3. The lowest BCUT2D eigenvalue weighted by Gasteiger charge is -2.21. The van der Waals surface area contributed by atoms with E-state index in [0.29, 0.717) is 0 Å². The first-order valence-corrected chi connectivity index (χ1v) is 6.61. The fourth-order valence-corrected chi connectivity index (χ4v) is 2.83. The third-order valence-corrected chi connectivity index (χ3v) is 3.85. The minimum atomic E-state index is -0.145. The Morgan fingerprint density at radius 3 is 2.00 bits per heavy atom. The van der Waals surface area contributed by atoms with Crippen molar-refractivity contribution >= 4 is 11.4 Å². The summed E-state index contributed by atoms with van der Waals surface area (Å²) >= 11 is 0. The number of hydrogen-bond donors (Lipinski definition) is 1. The quantitative estimate of drug-likeness (QED) is 0.843. The van der Waals surface area contributed by atoms with Gasteiger partial charge in [-0.15, -0.1) is 0 Å².